The van der Waals surface area contributed by atoms with E-state index in [0.717, 1.165) is 6.07 Å². The fourth-order valence-corrected chi connectivity index (χ4v) is 2.70. The molecule has 4 N–H and O–H groups in total. The number of aromatic nitrogens is 1. The Bertz CT molecular complexity index is 791. The van der Waals surface area contributed by atoms with Crippen LogP contribution >= 0.6 is 15.9 Å². The zero-order chi connectivity index (χ0) is 19.7. The molecular formula is C17H20BrF3N4O. The summed E-state index contributed by atoms with van der Waals surface area (Å²) in [5, 5.41) is 1.49. The normalized spacial score (nSPS) is 12.2. The smallest absolute Gasteiger partial charge is 0.421 e. The standard InChI is InChI=1S/C17H20BrF3N4O/c1-16(2,3)9-25(23)11-6-7-12(13(18)14(11)22)26-15-10(17(19,20)21)5-4-8-24-15/h4-8H,9,22-23H2,1-3H3. The van der Waals surface area contributed by atoms with E-state index in [9.17, 15) is 13.2 Å². The first-order valence-corrected chi connectivity index (χ1v) is 8.50. The first kappa shape index (κ1) is 20.3. The van der Waals surface area contributed by atoms with Gasteiger partial charge < -0.3 is 15.5 Å². The second kappa shape index (κ2) is 7.32. The minimum Gasteiger partial charge on any atom is -0.437 e. The lowest BCUT2D eigenvalue weighted by atomic mass is 9.96. The van der Waals surface area contributed by atoms with Crippen LogP contribution in [0.15, 0.2) is 34.9 Å². The molecule has 0 amide bonds. The predicted molar refractivity (Wildman–Crippen MR) is 98.9 cm³/mol. The summed E-state index contributed by atoms with van der Waals surface area (Å²) in [6.07, 6.45) is -3.36. The summed E-state index contributed by atoms with van der Waals surface area (Å²) in [7, 11) is 0. The lowest BCUT2D eigenvalue weighted by Gasteiger charge is -2.29. The van der Waals surface area contributed by atoms with Crippen molar-refractivity contribution in [2.75, 3.05) is 17.3 Å². The van der Waals surface area contributed by atoms with Gasteiger partial charge in [-0.05, 0) is 45.6 Å². The number of ether oxygens (including phenoxy) is 1. The molecule has 1 aromatic heterocycles. The SMILES string of the molecule is CC(C)(C)CN(N)c1ccc(Oc2ncccc2C(F)(F)F)c(Br)c1N. The predicted octanol–water partition coefficient (Wildman–Crippen LogP) is 4.96. The van der Waals surface area contributed by atoms with Crippen molar-refractivity contribution in [3.63, 3.8) is 0 Å². The van der Waals surface area contributed by atoms with E-state index in [0.29, 0.717) is 16.7 Å². The molecule has 0 aliphatic heterocycles. The van der Waals surface area contributed by atoms with Crippen LogP contribution in [0.4, 0.5) is 24.5 Å². The number of nitrogens with zero attached hydrogens (tertiary/aromatic N) is 2. The minimum absolute atomic E-state index is 0.0710. The summed E-state index contributed by atoms with van der Waals surface area (Å²) >= 11 is 3.27. The third-order valence-corrected chi connectivity index (χ3v) is 4.18. The maximum absolute atomic E-state index is 13.1. The highest BCUT2D eigenvalue weighted by atomic mass is 79.9. The van der Waals surface area contributed by atoms with Crippen LogP contribution < -0.4 is 21.3 Å². The third-order valence-electron chi connectivity index (χ3n) is 3.36. The van der Waals surface area contributed by atoms with Crippen molar-refractivity contribution >= 4 is 27.3 Å². The van der Waals surface area contributed by atoms with E-state index in [2.05, 4.69) is 20.9 Å². The molecule has 142 valence electrons. The molecule has 0 bridgehead atoms. The van der Waals surface area contributed by atoms with E-state index in [1.54, 1.807) is 6.07 Å². The molecule has 0 fully saturated rings. The summed E-state index contributed by atoms with van der Waals surface area (Å²) in [6, 6.07) is 5.18. The number of rotatable bonds is 4. The fourth-order valence-electron chi connectivity index (χ4n) is 2.28. The van der Waals surface area contributed by atoms with Gasteiger partial charge in [0.1, 0.15) is 11.3 Å². The Kier molecular flexibility index (Phi) is 5.72. The Morgan fingerprint density at radius 2 is 1.85 bits per heavy atom. The van der Waals surface area contributed by atoms with Crippen molar-refractivity contribution in [2.24, 2.45) is 11.3 Å². The number of alkyl halides is 3. The first-order chi connectivity index (χ1) is 11.9. The van der Waals surface area contributed by atoms with Gasteiger partial charge in [-0.2, -0.15) is 13.2 Å². The topological polar surface area (TPSA) is 77.4 Å². The molecule has 0 unspecified atom stereocenters. The van der Waals surface area contributed by atoms with Gasteiger partial charge in [-0.3, -0.25) is 0 Å². The molecule has 2 aromatic rings. The van der Waals surface area contributed by atoms with E-state index in [1.807, 2.05) is 20.8 Å². The van der Waals surface area contributed by atoms with Crippen molar-refractivity contribution in [3.05, 3.63) is 40.5 Å². The Morgan fingerprint density at radius 1 is 1.19 bits per heavy atom. The molecule has 0 saturated carbocycles. The lowest BCUT2D eigenvalue weighted by Crippen LogP contribution is -2.38. The fraction of sp³-hybridized carbons (Fsp3) is 0.353. The van der Waals surface area contributed by atoms with Gasteiger partial charge in [0, 0.05) is 12.7 Å². The van der Waals surface area contributed by atoms with Crippen molar-refractivity contribution in [1.82, 2.24) is 4.98 Å². The summed E-state index contributed by atoms with van der Waals surface area (Å²) in [5.74, 6) is 5.63. The molecular weight excluding hydrogens is 413 g/mol. The molecule has 1 aromatic carbocycles. The molecule has 0 spiro atoms. The summed E-state index contributed by atoms with van der Waals surface area (Å²) < 4.78 is 44.9. The van der Waals surface area contributed by atoms with Gasteiger partial charge in [-0.15, -0.1) is 0 Å². The number of nitrogens with two attached hydrogens (primary N) is 2. The van der Waals surface area contributed by atoms with Gasteiger partial charge in [0.25, 0.3) is 0 Å². The van der Waals surface area contributed by atoms with Crippen molar-refractivity contribution in [2.45, 2.75) is 26.9 Å². The highest BCUT2D eigenvalue weighted by Crippen LogP contribution is 2.42. The van der Waals surface area contributed by atoms with Crippen LogP contribution in [0.1, 0.15) is 26.3 Å². The van der Waals surface area contributed by atoms with E-state index in [4.69, 9.17) is 16.3 Å². The molecule has 0 saturated heterocycles. The molecule has 0 aliphatic rings. The van der Waals surface area contributed by atoms with Gasteiger partial charge in [0.15, 0.2) is 0 Å². The van der Waals surface area contributed by atoms with Crippen LogP contribution in [0, 0.1) is 5.41 Å². The number of pyridine rings is 1. The summed E-state index contributed by atoms with van der Waals surface area (Å²) in [4.78, 5) is 3.68. The van der Waals surface area contributed by atoms with E-state index in [-0.39, 0.29) is 16.9 Å². The molecule has 0 radical (unpaired) electrons. The molecule has 26 heavy (non-hydrogen) atoms. The minimum atomic E-state index is -4.58. The number of hydrogen-bond donors (Lipinski definition) is 2. The van der Waals surface area contributed by atoms with Gasteiger partial charge >= 0.3 is 6.18 Å². The van der Waals surface area contributed by atoms with Crippen LogP contribution in [-0.4, -0.2) is 11.5 Å². The number of anilines is 2. The Balaban J connectivity index is 2.36. The van der Waals surface area contributed by atoms with Gasteiger partial charge in [-0.25, -0.2) is 10.8 Å². The maximum Gasteiger partial charge on any atom is 0.421 e. The number of hydrazine groups is 1. The summed E-state index contributed by atoms with van der Waals surface area (Å²) in [6.45, 7) is 6.60. The monoisotopic (exact) mass is 432 g/mol. The van der Waals surface area contributed by atoms with Crippen LogP contribution in [-0.2, 0) is 6.18 Å². The Morgan fingerprint density at radius 3 is 2.42 bits per heavy atom. The number of halogens is 4. The van der Waals surface area contributed by atoms with E-state index >= 15 is 0 Å². The molecule has 9 heteroatoms. The number of benzene rings is 1. The van der Waals surface area contributed by atoms with Crippen LogP contribution in [0.2, 0.25) is 0 Å². The van der Waals surface area contributed by atoms with Crippen molar-refractivity contribution < 1.29 is 17.9 Å². The second-order valence-corrected chi connectivity index (χ2v) is 7.75. The third kappa shape index (κ3) is 4.79. The molecule has 2 rings (SSSR count). The van der Waals surface area contributed by atoms with Crippen LogP contribution in [0.3, 0.4) is 0 Å². The van der Waals surface area contributed by atoms with Gasteiger partial charge in [0.05, 0.1) is 15.8 Å². The van der Waals surface area contributed by atoms with E-state index in [1.165, 1.54) is 23.3 Å². The average Bonchev–Trinajstić information content (AvgIpc) is 2.49. The van der Waals surface area contributed by atoms with Crippen LogP contribution in [0.25, 0.3) is 0 Å². The van der Waals surface area contributed by atoms with E-state index < -0.39 is 17.6 Å². The highest BCUT2D eigenvalue weighted by Gasteiger charge is 2.35. The van der Waals surface area contributed by atoms with Gasteiger partial charge in [-0.1, -0.05) is 20.8 Å². The second-order valence-electron chi connectivity index (χ2n) is 6.95. The molecule has 5 nitrogen and oxygen atoms in total. The lowest BCUT2D eigenvalue weighted by molar-refractivity contribution is -0.138. The largest absolute Gasteiger partial charge is 0.437 e. The number of nitrogen functional groups attached to an aromatic ring is 1. The summed E-state index contributed by atoms with van der Waals surface area (Å²) in [5.41, 5.74) is 5.85. The maximum atomic E-state index is 13.1. The quantitative estimate of drug-likeness (QED) is 0.405. The Hall–Kier alpha value is -2.00. The van der Waals surface area contributed by atoms with Crippen molar-refractivity contribution in [3.8, 4) is 11.6 Å². The number of hydrogen-bond acceptors (Lipinski definition) is 5. The van der Waals surface area contributed by atoms with Crippen LogP contribution in [0.5, 0.6) is 11.6 Å². The van der Waals surface area contributed by atoms with Gasteiger partial charge in [0.2, 0.25) is 5.88 Å². The Labute approximate surface area is 158 Å². The molecule has 0 aliphatic carbocycles. The average molecular weight is 433 g/mol. The van der Waals surface area contributed by atoms with Crippen molar-refractivity contribution in [1.29, 1.82) is 0 Å². The molecule has 1 heterocycles. The highest BCUT2D eigenvalue weighted by molar-refractivity contribution is 9.10. The zero-order valence-electron chi connectivity index (χ0n) is 14.6. The molecule has 0 atom stereocenters. The first-order valence-electron chi connectivity index (χ1n) is 7.70. The zero-order valence-corrected chi connectivity index (χ0v) is 16.1.